The minimum atomic E-state index is -0.554. The first kappa shape index (κ1) is 17.9. The maximum absolute atomic E-state index is 12.8. The molecule has 0 aromatic heterocycles. The SMILES string of the molecule is CC(C)=CCC1C[C@H]2C(=O)[C@H](C(=O)C=C2OCCCO)C1(C)C. The van der Waals surface area contributed by atoms with Gasteiger partial charge in [-0.05, 0) is 38.0 Å². The molecule has 1 unspecified atom stereocenters. The van der Waals surface area contributed by atoms with Gasteiger partial charge in [0.05, 0.1) is 18.4 Å². The molecule has 3 atom stereocenters. The fourth-order valence-electron chi connectivity index (χ4n) is 3.77. The molecule has 0 saturated heterocycles. The van der Waals surface area contributed by atoms with Crippen LogP contribution in [0.15, 0.2) is 23.5 Å². The number of ketones is 2. The number of allylic oxidation sites excluding steroid dienone is 4. The van der Waals surface area contributed by atoms with Gasteiger partial charge in [0, 0.05) is 19.1 Å². The van der Waals surface area contributed by atoms with Crippen molar-refractivity contribution in [2.75, 3.05) is 13.2 Å². The van der Waals surface area contributed by atoms with Gasteiger partial charge in [0.25, 0.3) is 0 Å². The van der Waals surface area contributed by atoms with Crippen molar-refractivity contribution in [3.8, 4) is 0 Å². The Morgan fingerprint density at radius 1 is 1.39 bits per heavy atom. The summed E-state index contributed by atoms with van der Waals surface area (Å²) in [7, 11) is 0. The zero-order chi connectivity index (χ0) is 17.2. The summed E-state index contributed by atoms with van der Waals surface area (Å²) in [5.74, 6) is -0.198. The van der Waals surface area contributed by atoms with Gasteiger partial charge < -0.3 is 9.84 Å². The first-order chi connectivity index (χ1) is 10.8. The van der Waals surface area contributed by atoms with E-state index in [1.54, 1.807) is 0 Å². The summed E-state index contributed by atoms with van der Waals surface area (Å²) in [5, 5.41) is 8.87. The predicted molar refractivity (Wildman–Crippen MR) is 88.7 cm³/mol. The van der Waals surface area contributed by atoms with Gasteiger partial charge >= 0.3 is 0 Å². The summed E-state index contributed by atoms with van der Waals surface area (Å²) in [6.07, 6.45) is 5.82. The monoisotopic (exact) mass is 320 g/mol. The number of hydrogen-bond donors (Lipinski definition) is 1. The largest absolute Gasteiger partial charge is 0.497 e. The Morgan fingerprint density at radius 2 is 2.09 bits per heavy atom. The fourth-order valence-corrected chi connectivity index (χ4v) is 3.77. The van der Waals surface area contributed by atoms with Crippen LogP contribution in [0.1, 0.15) is 47.0 Å². The van der Waals surface area contributed by atoms with E-state index in [-0.39, 0.29) is 35.4 Å². The molecule has 1 fully saturated rings. The summed E-state index contributed by atoms with van der Waals surface area (Å²) >= 11 is 0. The highest BCUT2D eigenvalue weighted by molar-refractivity contribution is 6.13. The van der Waals surface area contributed by atoms with Gasteiger partial charge in [0.15, 0.2) is 11.6 Å². The fraction of sp³-hybridized carbons (Fsp3) is 0.684. The molecule has 0 aliphatic heterocycles. The molecule has 0 aromatic rings. The van der Waals surface area contributed by atoms with Crippen LogP contribution < -0.4 is 0 Å². The van der Waals surface area contributed by atoms with Crippen molar-refractivity contribution in [1.29, 1.82) is 0 Å². The van der Waals surface area contributed by atoms with Crippen LogP contribution in [0, 0.1) is 23.2 Å². The summed E-state index contributed by atoms with van der Waals surface area (Å²) in [5.41, 5.74) is 0.924. The second-order valence-electron chi connectivity index (χ2n) is 7.53. The van der Waals surface area contributed by atoms with Crippen LogP contribution in [0.3, 0.4) is 0 Å². The Balaban J connectivity index is 2.26. The number of hydrogen-bond acceptors (Lipinski definition) is 4. The third-order valence-corrected chi connectivity index (χ3v) is 5.24. The van der Waals surface area contributed by atoms with E-state index in [1.807, 2.05) is 13.8 Å². The highest BCUT2D eigenvalue weighted by atomic mass is 16.5. The van der Waals surface area contributed by atoms with Crippen molar-refractivity contribution < 1.29 is 19.4 Å². The minimum Gasteiger partial charge on any atom is -0.497 e. The lowest BCUT2D eigenvalue weighted by atomic mass is 9.54. The quantitative estimate of drug-likeness (QED) is 0.464. The maximum Gasteiger partial charge on any atom is 0.170 e. The molecule has 4 heteroatoms. The Hall–Kier alpha value is -1.42. The minimum absolute atomic E-state index is 0.00921. The number of carbonyl (C=O) groups excluding carboxylic acids is 2. The van der Waals surface area contributed by atoms with Gasteiger partial charge in [0.2, 0.25) is 0 Å². The summed E-state index contributed by atoms with van der Waals surface area (Å²) in [6, 6.07) is 0. The third kappa shape index (κ3) is 3.57. The van der Waals surface area contributed by atoms with Gasteiger partial charge in [0.1, 0.15) is 5.76 Å². The van der Waals surface area contributed by atoms with Crippen LogP contribution in [0.4, 0.5) is 0 Å². The zero-order valence-corrected chi connectivity index (χ0v) is 14.6. The van der Waals surface area contributed by atoms with E-state index in [9.17, 15) is 9.59 Å². The first-order valence-corrected chi connectivity index (χ1v) is 8.45. The Morgan fingerprint density at radius 3 is 2.70 bits per heavy atom. The average Bonchev–Trinajstić information content (AvgIpc) is 2.44. The molecule has 0 radical (unpaired) electrons. The van der Waals surface area contributed by atoms with Crippen LogP contribution in [-0.4, -0.2) is 29.9 Å². The number of carbonyl (C=O) groups is 2. The van der Waals surface area contributed by atoms with E-state index in [2.05, 4.69) is 19.9 Å². The number of aliphatic hydroxyl groups excluding tert-OH is 1. The number of rotatable bonds is 6. The van der Waals surface area contributed by atoms with E-state index in [0.29, 0.717) is 18.8 Å². The van der Waals surface area contributed by atoms with E-state index in [0.717, 1.165) is 12.8 Å². The third-order valence-electron chi connectivity index (χ3n) is 5.24. The number of Topliss-reactive ketones (excluding diaryl/α,β-unsaturated/α-hetero) is 1. The van der Waals surface area contributed by atoms with Crippen molar-refractivity contribution in [1.82, 2.24) is 0 Å². The highest BCUT2D eigenvalue weighted by Crippen LogP contribution is 2.51. The normalized spacial score (nSPS) is 29.1. The van der Waals surface area contributed by atoms with Gasteiger partial charge in [-0.3, -0.25) is 9.59 Å². The molecule has 2 aliphatic carbocycles. The summed E-state index contributed by atoms with van der Waals surface area (Å²) in [6.45, 7) is 8.59. The van der Waals surface area contributed by atoms with Gasteiger partial charge in [-0.25, -0.2) is 0 Å². The molecule has 2 aliphatic rings. The van der Waals surface area contributed by atoms with Crippen LogP contribution in [0.2, 0.25) is 0 Å². The number of aliphatic hydroxyl groups is 1. The lowest BCUT2D eigenvalue weighted by molar-refractivity contribution is -0.147. The Bertz CT molecular complexity index is 538. The second-order valence-corrected chi connectivity index (χ2v) is 7.53. The van der Waals surface area contributed by atoms with Crippen LogP contribution in [-0.2, 0) is 14.3 Å². The molecule has 23 heavy (non-hydrogen) atoms. The molecule has 2 rings (SSSR count). The molecule has 128 valence electrons. The van der Waals surface area contributed by atoms with Gasteiger partial charge in [-0.2, -0.15) is 0 Å². The van der Waals surface area contributed by atoms with Crippen LogP contribution in [0.25, 0.3) is 0 Å². The van der Waals surface area contributed by atoms with E-state index in [4.69, 9.17) is 9.84 Å². The van der Waals surface area contributed by atoms with E-state index in [1.165, 1.54) is 11.6 Å². The highest BCUT2D eigenvalue weighted by Gasteiger charge is 2.54. The summed E-state index contributed by atoms with van der Waals surface area (Å²) < 4.78 is 5.64. The Kier molecular flexibility index (Phi) is 5.45. The van der Waals surface area contributed by atoms with E-state index >= 15 is 0 Å². The lowest BCUT2D eigenvalue weighted by Gasteiger charge is -2.48. The molecule has 2 bridgehead atoms. The van der Waals surface area contributed by atoms with Gasteiger partial charge in [-0.15, -0.1) is 0 Å². The molecule has 0 spiro atoms. The Labute approximate surface area is 138 Å². The summed E-state index contributed by atoms with van der Waals surface area (Å²) in [4.78, 5) is 25.3. The van der Waals surface area contributed by atoms with Crippen LogP contribution >= 0.6 is 0 Å². The van der Waals surface area contributed by atoms with Crippen molar-refractivity contribution in [3.63, 3.8) is 0 Å². The molecule has 1 N–H and O–H groups in total. The van der Waals surface area contributed by atoms with Crippen LogP contribution in [0.5, 0.6) is 0 Å². The number of ether oxygens (including phenoxy) is 1. The zero-order valence-electron chi connectivity index (χ0n) is 14.6. The lowest BCUT2D eigenvalue weighted by Crippen LogP contribution is -2.52. The second kappa shape index (κ2) is 7.00. The van der Waals surface area contributed by atoms with Crippen molar-refractivity contribution >= 4 is 11.6 Å². The van der Waals surface area contributed by atoms with Crippen molar-refractivity contribution in [3.05, 3.63) is 23.5 Å². The van der Waals surface area contributed by atoms with Crippen molar-refractivity contribution in [2.45, 2.75) is 47.0 Å². The maximum atomic E-state index is 12.8. The molecule has 4 nitrogen and oxygen atoms in total. The van der Waals surface area contributed by atoms with Gasteiger partial charge in [-0.1, -0.05) is 25.5 Å². The standard InChI is InChI=1S/C19H28O4/c1-12(2)6-7-13-10-14-16(23-9-5-8-20)11-15(21)17(18(14)22)19(13,3)4/h6,11,13-14,17,20H,5,7-10H2,1-4H3/t13?,14-,17+/m1/s1. The first-order valence-electron chi connectivity index (χ1n) is 8.45. The smallest absolute Gasteiger partial charge is 0.170 e. The molecule has 0 amide bonds. The van der Waals surface area contributed by atoms with Crippen molar-refractivity contribution in [2.24, 2.45) is 23.2 Å². The topological polar surface area (TPSA) is 63.6 Å². The number of fused-ring (bicyclic) bond motifs is 2. The van der Waals surface area contributed by atoms with E-state index < -0.39 is 5.92 Å². The molecule has 0 heterocycles. The molecule has 1 saturated carbocycles. The molecular weight excluding hydrogens is 292 g/mol. The predicted octanol–water partition coefficient (Wildman–Crippen LogP) is 3.06. The average molecular weight is 320 g/mol. The molecule has 0 aromatic carbocycles. The molecular formula is C19H28O4.